The molecule has 1 N–H and O–H groups in total. The Morgan fingerprint density at radius 2 is 1.91 bits per heavy atom. The van der Waals surface area contributed by atoms with Crippen molar-refractivity contribution in [3.05, 3.63) is 54.1 Å². The Morgan fingerprint density at radius 1 is 1.13 bits per heavy atom. The van der Waals surface area contributed by atoms with Crippen LogP contribution in [0, 0.1) is 0 Å². The van der Waals surface area contributed by atoms with Crippen molar-refractivity contribution < 1.29 is 19.0 Å². The van der Waals surface area contributed by atoms with Gasteiger partial charge in [-0.05, 0) is 5.56 Å². The van der Waals surface area contributed by atoms with Crippen molar-refractivity contribution >= 4 is 16.9 Å². The molecule has 3 aromatic rings. The third kappa shape index (κ3) is 3.45. The van der Waals surface area contributed by atoms with Crippen LogP contribution in [0.1, 0.15) is 12.5 Å². The summed E-state index contributed by atoms with van der Waals surface area (Å²) in [7, 11) is 1.60. The maximum atomic E-state index is 11.1. The molecular weight excluding hydrogens is 294 g/mol. The maximum absolute atomic E-state index is 11.1. The zero-order chi connectivity index (χ0) is 16.2. The fourth-order valence-corrected chi connectivity index (χ4v) is 2.34. The van der Waals surface area contributed by atoms with E-state index >= 15 is 0 Å². The summed E-state index contributed by atoms with van der Waals surface area (Å²) in [6.07, 6.45) is 0. The van der Waals surface area contributed by atoms with Gasteiger partial charge in [-0.2, -0.15) is 0 Å². The average molecular weight is 311 g/mol. The molecule has 5 nitrogen and oxygen atoms in total. The minimum absolute atomic E-state index is 0.379. The van der Waals surface area contributed by atoms with Crippen molar-refractivity contribution in [1.29, 1.82) is 0 Å². The highest BCUT2D eigenvalue weighted by molar-refractivity contribution is 5.89. The van der Waals surface area contributed by atoms with Gasteiger partial charge in [-0.1, -0.05) is 30.3 Å². The topological polar surface area (TPSA) is 60.6 Å². The van der Waals surface area contributed by atoms with Gasteiger partial charge >= 0.3 is 5.97 Å². The largest absolute Gasteiger partial charge is 0.497 e. The lowest BCUT2D eigenvalue weighted by atomic mass is 10.2. The van der Waals surface area contributed by atoms with E-state index in [1.165, 1.54) is 6.92 Å². The molecule has 0 spiro atoms. The number of aromatic amines is 1. The second-order valence-electron chi connectivity index (χ2n) is 5.09. The molecule has 0 bridgehead atoms. The SMILES string of the molecule is COc1cc(OCc2ccccc2)c2cc(OC(C)=O)[nH]c2c1. The van der Waals surface area contributed by atoms with Gasteiger partial charge in [0.1, 0.15) is 18.1 Å². The number of benzene rings is 2. The molecule has 1 heterocycles. The van der Waals surface area contributed by atoms with Crippen molar-refractivity contribution in [3.8, 4) is 17.4 Å². The number of methoxy groups -OCH3 is 1. The Hall–Kier alpha value is -2.95. The molecule has 0 fully saturated rings. The van der Waals surface area contributed by atoms with Crippen LogP contribution in [-0.2, 0) is 11.4 Å². The van der Waals surface area contributed by atoms with Gasteiger partial charge in [-0.25, -0.2) is 0 Å². The van der Waals surface area contributed by atoms with E-state index in [4.69, 9.17) is 14.2 Å². The molecule has 23 heavy (non-hydrogen) atoms. The van der Waals surface area contributed by atoms with E-state index in [1.807, 2.05) is 42.5 Å². The summed E-state index contributed by atoms with van der Waals surface area (Å²) in [5.74, 6) is 1.33. The Bertz CT molecular complexity index is 824. The number of aromatic nitrogens is 1. The first-order chi connectivity index (χ1) is 11.2. The lowest BCUT2D eigenvalue weighted by Crippen LogP contribution is -2.00. The molecule has 0 unspecified atom stereocenters. The summed E-state index contributed by atoms with van der Waals surface area (Å²) in [4.78, 5) is 14.1. The van der Waals surface area contributed by atoms with Crippen LogP contribution in [0.5, 0.6) is 17.4 Å². The lowest BCUT2D eigenvalue weighted by molar-refractivity contribution is -0.132. The number of hydrogen-bond donors (Lipinski definition) is 1. The fraction of sp³-hybridized carbons (Fsp3) is 0.167. The minimum Gasteiger partial charge on any atom is -0.497 e. The van der Waals surface area contributed by atoms with Gasteiger partial charge in [0.05, 0.1) is 12.6 Å². The summed E-state index contributed by atoms with van der Waals surface area (Å²) in [5.41, 5.74) is 1.85. The number of nitrogens with one attached hydrogen (secondary N) is 1. The smallest absolute Gasteiger partial charge is 0.309 e. The molecule has 0 saturated carbocycles. The number of esters is 1. The number of fused-ring (bicyclic) bond motifs is 1. The standard InChI is InChI=1S/C18H17NO4/c1-12(20)23-18-10-15-16(19-18)8-14(21-2)9-17(15)22-11-13-6-4-3-5-7-13/h3-10,19H,11H2,1-2H3. The summed E-state index contributed by atoms with van der Waals surface area (Å²) in [6, 6.07) is 15.3. The van der Waals surface area contributed by atoms with Crippen LogP contribution >= 0.6 is 0 Å². The van der Waals surface area contributed by atoms with Gasteiger partial charge in [0.25, 0.3) is 0 Å². The third-order valence-corrected chi connectivity index (χ3v) is 3.38. The van der Waals surface area contributed by atoms with Gasteiger partial charge in [0, 0.05) is 30.5 Å². The number of rotatable bonds is 5. The van der Waals surface area contributed by atoms with Gasteiger partial charge in [-0.3, -0.25) is 4.79 Å². The maximum Gasteiger partial charge on any atom is 0.309 e. The highest BCUT2D eigenvalue weighted by atomic mass is 16.5. The molecular formula is C18H17NO4. The first-order valence-electron chi connectivity index (χ1n) is 7.21. The Morgan fingerprint density at radius 3 is 2.61 bits per heavy atom. The second kappa shape index (κ2) is 6.44. The van der Waals surface area contributed by atoms with Crippen LogP contribution in [0.2, 0.25) is 0 Å². The molecule has 0 aliphatic heterocycles. The molecule has 2 aromatic carbocycles. The zero-order valence-electron chi connectivity index (χ0n) is 13.0. The van der Waals surface area contributed by atoms with Crippen LogP contribution < -0.4 is 14.2 Å². The van der Waals surface area contributed by atoms with Gasteiger partial charge < -0.3 is 19.2 Å². The van der Waals surface area contributed by atoms with Crippen LogP contribution in [0.4, 0.5) is 0 Å². The minimum atomic E-state index is -0.379. The van der Waals surface area contributed by atoms with Crippen molar-refractivity contribution in [3.63, 3.8) is 0 Å². The van der Waals surface area contributed by atoms with E-state index in [-0.39, 0.29) is 5.97 Å². The van der Waals surface area contributed by atoms with Crippen LogP contribution in [0.3, 0.4) is 0 Å². The summed E-state index contributed by atoms with van der Waals surface area (Å²) in [5, 5.41) is 0.831. The van der Waals surface area contributed by atoms with Crippen molar-refractivity contribution in [2.75, 3.05) is 7.11 Å². The number of carbonyl (C=O) groups is 1. The van der Waals surface area contributed by atoms with Gasteiger partial charge in [-0.15, -0.1) is 0 Å². The number of H-pyrrole nitrogens is 1. The molecule has 0 atom stereocenters. The van der Waals surface area contributed by atoms with E-state index in [9.17, 15) is 4.79 Å². The molecule has 5 heteroatoms. The fourth-order valence-electron chi connectivity index (χ4n) is 2.34. The van der Waals surface area contributed by atoms with E-state index in [0.717, 1.165) is 16.5 Å². The Kier molecular flexibility index (Phi) is 4.19. The molecule has 0 radical (unpaired) electrons. The monoisotopic (exact) mass is 311 g/mol. The molecule has 118 valence electrons. The molecule has 0 aliphatic rings. The van der Waals surface area contributed by atoms with Gasteiger partial charge in [0.2, 0.25) is 5.88 Å². The van der Waals surface area contributed by atoms with E-state index in [0.29, 0.717) is 24.0 Å². The van der Waals surface area contributed by atoms with E-state index < -0.39 is 0 Å². The first-order valence-corrected chi connectivity index (χ1v) is 7.21. The Labute approximate surface area is 133 Å². The Balaban J connectivity index is 1.93. The number of hydrogen-bond acceptors (Lipinski definition) is 4. The second-order valence-corrected chi connectivity index (χ2v) is 5.09. The van der Waals surface area contributed by atoms with Crippen LogP contribution in [-0.4, -0.2) is 18.1 Å². The summed E-state index contributed by atoms with van der Waals surface area (Å²) >= 11 is 0. The molecule has 1 aromatic heterocycles. The first kappa shape index (κ1) is 15.0. The summed E-state index contributed by atoms with van der Waals surface area (Å²) < 4.78 is 16.3. The number of carbonyl (C=O) groups excluding carboxylic acids is 1. The normalized spacial score (nSPS) is 10.5. The predicted octanol–water partition coefficient (Wildman–Crippen LogP) is 3.68. The highest BCUT2D eigenvalue weighted by Crippen LogP contribution is 2.34. The van der Waals surface area contributed by atoms with Crippen molar-refractivity contribution in [2.45, 2.75) is 13.5 Å². The molecule has 0 saturated heterocycles. The van der Waals surface area contributed by atoms with Crippen molar-refractivity contribution in [1.82, 2.24) is 4.98 Å². The molecule has 3 rings (SSSR count). The number of ether oxygens (including phenoxy) is 3. The van der Waals surface area contributed by atoms with E-state index in [2.05, 4.69) is 4.98 Å². The highest BCUT2D eigenvalue weighted by Gasteiger charge is 2.12. The van der Waals surface area contributed by atoms with Gasteiger partial charge in [0.15, 0.2) is 0 Å². The third-order valence-electron chi connectivity index (χ3n) is 3.38. The lowest BCUT2D eigenvalue weighted by Gasteiger charge is -2.09. The zero-order valence-corrected chi connectivity index (χ0v) is 13.0. The quantitative estimate of drug-likeness (QED) is 0.730. The van der Waals surface area contributed by atoms with Crippen LogP contribution in [0.15, 0.2) is 48.5 Å². The predicted molar refractivity (Wildman–Crippen MR) is 86.9 cm³/mol. The molecule has 0 amide bonds. The van der Waals surface area contributed by atoms with Crippen molar-refractivity contribution in [2.24, 2.45) is 0 Å². The molecule has 0 aliphatic carbocycles. The van der Waals surface area contributed by atoms with Crippen LogP contribution in [0.25, 0.3) is 10.9 Å². The average Bonchev–Trinajstić information content (AvgIpc) is 2.94. The van der Waals surface area contributed by atoms with E-state index in [1.54, 1.807) is 13.2 Å². The summed E-state index contributed by atoms with van der Waals surface area (Å²) in [6.45, 7) is 1.80.